The van der Waals surface area contributed by atoms with Gasteiger partial charge in [0.15, 0.2) is 13.1 Å². The van der Waals surface area contributed by atoms with E-state index in [-0.39, 0.29) is 30.7 Å². The Bertz CT molecular complexity index is 641. The molecule has 0 saturated heterocycles. The lowest BCUT2D eigenvalue weighted by Crippen LogP contribution is -3.11. The third-order valence-corrected chi connectivity index (χ3v) is 3.09. The molecule has 122 valence electrons. The van der Waals surface area contributed by atoms with Gasteiger partial charge in [0.2, 0.25) is 0 Å². The van der Waals surface area contributed by atoms with Crippen LogP contribution in [0.25, 0.3) is 0 Å². The number of rotatable bonds is 7. The van der Waals surface area contributed by atoms with Crippen molar-refractivity contribution in [2.45, 2.75) is 6.54 Å². The van der Waals surface area contributed by atoms with Gasteiger partial charge in [0.1, 0.15) is 11.6 Å². The number of carbonyl (C=O) groups is 2. The Labute approximate surface area is 133 Å². The maximum Gasteiger partial charge on any atom is 0.279 e. The summed E-state index contributed by atoms with van der Waals surface area (Å²) in [5.41, 5.74) is 0.520. The lowest BCUT2D eigenvalue weighted by molar-refractivity contribution is -0.862. The van der Waals surface area contributed by atoms with Crippen molar-refractivity contribution < 1.29 is 23.3 Å². The van der Waals surface area contributed by atoms with Crippen LogP contribution in [0.3, 0.4) is 0 Å². The average Bonchev–Trinajstić information content (AvgIpc) is 3.00. The van der Waals surface area contributed by atoms with Crippen molar-refractivity contribution in [2.24, 2.45) is 0 Å². The Kier molecular flexibility index (Phi) is 5.87. The highest BCUT2D eigenvalue weighted by atomic mass is 19.1. The number of likely N-dealkylation sites (N-methyl/N-ethyl adjacent to an activating group) is 1. The van der Waals surface area contributed by atoms with E-state index in [1.165, 1.54) is 24.3 Å². The number of hydrogen-bond acceptors (Lipinski definition) is 3. The standard InChI is InChI=1S/C16H18FN3O3/c1-20(10-15(21)18-9-14-3-2-8-23-14)11-16(22)19-13-6-4-12(17)5-7-13/h2-8H,9-11H2,1H3,(H,18,21)(H,19,22)/p+1. The first kappa shape index (κ1) is 16.7. The third-order valence-electron chi connectivity index (χ3n) is 3.09. The lowest BCUT2D eigenvalue weighted by Gasteiger charge is -2.13. The number of hydrogen-bond donors (Lipinski definition) is 3. The molecule has 3 N–H and O–H groups in total. The Morgan fingerprint density at radius 2 is 1.83 bits per heavy atom. The van der Waals surface area contributed by atoms with Gasteiger partial charge in [-0.25, -0.2) is 4.39 Å². The van der Waals surface area contributed by atoms with E-state index in [1.54, 1.807) is 25.4 Å². The molecule has 7 heteroatoms. The second kappa shape index (κ2) is 8.09. The van der Waals surface area contributed by atoms with Gasteiger partial charge in [0.25, 0.3) is 11.8 Å². The van der Waals surface area contributed by atoms with E-state index in [4.69, 9.17) is 4.42 Å². The summed E-state index contributed by atoms with van der Waals surface area (Å²) in [6.45, 7) is 0.615. The van der Waals surface area contributed by atoms with Crippen molar-refractivity contribution >= 4 is 17.5 Å². The van der Waals surface area contributed by atoms with E-state index in [0.29, 0.717) is 18.0 Å². The summed E-state index contributed by atoms with van der Waals surface area (Å²) in [4.78, 5) is 24.4. The summed E-state index contributed by atoms with van der Waals surface area (Å²) in [5, 5.41) is 5.37. The molecule has 23 heavy (non-hydrogen) atoms. The minimum atomic E-state index is -0.362. The fraction of sp³-hybridized carbons (Fsp3) is 0.250. The van der Waals surface area contributed by atoms with Crippen molar-refractivity contribution in [1.82, 2.24) is 5.32 Å². The predicted octanol–water partition coefficient (Wildman–Crippen LogP) is 0.188. The first-order valence-corrected chi connectivity index (χ1v) is 7.19. The van der Waals surface area contributed by atoms with E-state index in [0.717, 1.165) is 4.90 Å². The molecule has 0 spiro atoms. The van der Waals surface area contributed by atoms with Gasteiger partial charge in [-0.3, -0.25) is 9.59 Å². The minimum absolute atomic E-state index is 0.131. The van der Waals surface area contributed by atoms with Gasteiger partial charge in [-0.15, -0.1) is 0 Å². The van der Waals surface area contributed by atoms with Crippen LogP contribution in [0.2, 0.25) is 0 Å². The smallest absolute Gasteiger partial charge is 0.279 e. The van der Waals surface area contributed by atoms with Crippen LogP contribution in [0.15, 0.2) is 47.1 Å². The topological polar surface area (TPSA) is 75.8 Å². The summed E-state index contributed by atoms with van der Waals surface area (Å²) in [5.74, 6) is -0.106. The van der Waals surface area contributed by atoms with E-state index >= 15 is 0 Å². The van der Waals surface area contributed by atoms with Crippen LogP contribution in [-0.2, 0) is 16.1 Å². The van der Waals surface area contributed by atoms with Gasteiger partial charge < -0.3 is 20.0 Å². The molecular weight excluding hydrogens is 301 g/mol. The zero-order valence-corrected chi connectivity index (χ0v) is 12.8. The van der Waals surface area contributed by atoms with Crippen LogP contribution in [-0.4, -0.2) is 32.0 Å². The third kappa shape index (κ3) is 5.91. The first-order chi connectivity index (χ1) is 11.0. The molecule has 2 amide bonds. The highest BCUT2D eigenvalue weighted by Crippen LogP contribution is 2.07. The molecule has 0 aliphatic heterocycles. The second-order valence-corrected chi connectivity index (χ2v) is 5.22. The molecule has 0 aliphatic carbocycles. The number of halogens is 1. The summed E-state index contributed by atoms with van der Waals surface area (Å²) in [6, 6.07) is 9.03. The predicted molar refractivity (Wildman–Crippen MR) is 82.2 cm³/mol. The van der Waals surface area contributed by atoms with E-state index in [9.17, 15) is 14.0 Å². The van der Waals surface area contributed by atoms with E-state index in [1.807, 2.05) is 0 Å². The SMILES string of the molecule is C[NH+](CC(=O)NCc1ccco1)CC(=O)Nc1ccc(F)cc1. The van der Waals surface area contributed by atoms with Gasteiger partial charge in [-0.05, 0) is 36.4 Å². The van der Waals surface area contributed by atoms with E-state index in [2.05, 4.69) is 10.6 Å². The Morgan fingerprint density at radius 3 is 2.48 bits per heavy atom. The maximum absolute atomic E-state index is 12.8. The first-order valence-electron chi connectivity index (χ1n) is 7.19. The molecule has 1 aromatic carbocycles. The maximum atomic E-state index is 12.8. The van der Waals surface area contributed by atoms with Crippen molar-refractivity contribution in [2.75, 3.05) is 25.5 Å². The number of benzene rings is 1. The van der Waals surface area contributed by atoms with Crippen LogP contribution < -0.4 is 15.5 Å². The zero-order valence-electron chi connectivity index (χ0n) is 12.8. The molecule has 1 unspecified atom stereocenters. The average molecular weight is 320 g/mol. The number of anilines is 1. The van der Waals surface area contributed by atoms with Gasteiger partial charge in [-0.1, -0.05) is 0 Å². The fourth-order valence-electron chi connectivity index (χ4n) is 2.01. The molecule has 0 saturated carbocycles. The highest BCUT2D eigenvalue weighted by Gasteiger charge is 2.14. The summed E-state index contributed by atoms with van der Waals surface area (Å²) < 4.78 is 17.9. The summed E-state index contributed by atoms with van der Waals surface area (Å²) in [7, 11) is 1.75. The molecule has 0 aliphatic rings. The summed E-state index contributed by atoms with van der Waals surface area (Å²) in [6.07, 6.45) is 1.54. The van der Waals surface area contributed by atoms with Gasteiger partial charge in [0, 0.05) is 5.69 Å². The van der Waals surface area contributed by atoms with Crippen molar-refractivity contribution in [3.63, 3.8) is 0 Å². The fourth-order valence-corrected chi connectivity index (χ4v) is 2.01. The lowest BCUT2D eigenvalue weighted by atomic mass is 10.3. The van der Waals surface area contributed by atoms with E-state index < -0.39 is 0 Å². The Balaban J connectivity index is 1.70. The molecule has 1 aromatic heterocycles. The quantitative estimate of drug-likeness (QED) is 0.682. The number of nitrogens with one attached hydrogen (secondary N) is 3. The zero-order chi connectivity index (χ0) is 16.7. The normalized spacial score (nSPS) is 11.7. The van der Waals surface area contributed by atoms with Crippen molar-refractivity contribution in [1.29, 1.82) is 0 Å². The molecule has 2 rings (SSSR count). The Hall–Kier alpha value is -2.67. The van der Waals surface area contributed by atoms with Crippen LogP contribution in [0.4, 0.5) is 10.1 Å². The van der Waals surface area contributed by atoms with Gasteiger partial charge in [-0.2, -0.15) is 0 Å². The molecular formula is C16H19FN3O3+. The molecule has 0 fully saturated rings. The molecule has 2 aromatic rings. The van der Waals surface area contributed by atoms with Gasteiger partial charge in [0.05, 0.1) is 19.9 Å². The summed E-state index contributed by atoms with van der Waals surface area (Å²) >= 11 is 0. The highest BCUT2D eigenvalue weighted by molar-refractivity contribution is 5.91. The van der Waals surface area contributed by atoms with Crippen molar-refractivity contribution in [3.8, 4) is 0 Å². The number of carbonyl (C=O) groups excluding carboxylic acids is 2. The minimum Gasteiger partial charge on any atom is -0.467 e. The molecule has 1 heterocycles. The van der Waals surface area contributed by atoms with Crippen LogP contribution in [0, 0.1) is 5.82 Å². The molecule has 1 atom stereocenters. The number of furan rings is 1. The molecule has 0 radical (unpaired) electrons. The van der Waals surface area contributed by atoms with Crippen LogP contribution >= 0.6 is 0 Å². The largest absolute Gasteiger partial charge is 0.467 e. The number of amides is 2. The van der Waals surface area contributed by atoms with Gasteiger partial charge >= 0.3 is 0 Å². The Morgan fingerprint density at radius 1 is 1.13 bits per heavy atom. The number of quaternary nitrogens is 1. The van der Waals surface area contributed by atoms with Crippen LogP contribution in [0.5, 0.6) is 0 Å². The van der Waals surface area contributed by atoms with Crippen LogP contribution in [0.1, 0.15) is 5.76 Å². The monoisotopic (exact) mass is 320 g/mol. The molecule has 6 nitrogen and oxygen atoms in total. The molecule has 0 bridgehead atoms. The second-order valence-electron chi connectivity index (χ2n) is 5.22. The van der Waals surface area contributed by atoms with Crippen molar-refractivity contribution in [3.05, 3.63) is 54.2 Å².